The molecule has 0 aliphatic heterocycles. The molecule has 0 unspecified atom stereocenters. The third-order valence-corrected chi connectivity index (χ3v) is 29.9. The summed E-state index contributed by atoms with van der Waals surface area (Å²) in [5, 5.41) is 16.4. The molecule has 0 radical (unpaired) electrons. The van der Waals surface area contributed by atoms with Gasteiger partial charge in [-0.15, -0.1) is 0 Å². The normalized spacial score (nSPS) is 14.6. The van der Waals surface area contributed by atoms with Gasteiger partial charge in [0.2, 0.25) is 0 Å². The van der Waals surface area contributed by atoms with Gasteiger partial charge in [0.15, 0.2) is 0 Å². The van der Waals surface area contributed by atoms with Crippen LogP contribution in [-0.2, 0) is 5.41 Å². The monoisotopic (exact) mass is 1900 g/mol. The Morgan fingerprint density at radius 1 is 0.155 bits per heavy atom. The van der Waals surface area contributed by atoms with E-state index in [0.29, 0.717) is 66.8 Å². The molecule has 3 nitrogen and oxygen atoms in total. The molecule has 3 aromatic heterocycles. The zero-order valence-corrected chi connectivity index (χ0v) is 79.5. The lowest BCUT2D eigenvalue weighted by molar-refractivity contribution is 0.660. The molecule has 0 bridgehead atoms. The van der Waals surface area contributed by atoms with E-state index in [1.54, 1.807) is 0 Å². The van der Waals surface area contributed by atoms with Gasteiger partial charge >= 0.3 is 0 Å². The van der Waals surface area contributed by atoms with Gasteiger partial charge in [-0.3, -0.25) is 0 Å². The van der Waals surface area contributed by atoms with Crippen molar-refractivity contribution in [3.8, 4) is 122 Å². The van der Waals surface area contributed by atoms with Crippen molar-refractivity contribution in [1.29, 1.82) is 0 Å². The molecule has 1 aliphatic carbocycles. The molecule has 27 aromatic carbocycles. The largest absolute Gasteiger partial charge is 0.456 e. The van der Waals surface area contributed by atoms with Crippen LogP contribution in [0.4, 0.5) is 0 Å². The summed E-state index contributed by atoms with van der Waals surface area (Å²) in [4.78, 5) is 0. The SMILES string of the molecule is [2H]c1c([2H])c([2H])c2c(-c3cccc4c3-c3ccccc3C4(C)C)c3c([2H])c([2H])c([2H])c([2H])c3c(-c3ccc(-c4cccc5oc6cc7ccccc7cc6c45)cc3)c2c1[2H].[2H]c1c([2H])c([2H])c2c(-c3cccc4ccccc34)c3c([2H])c([2H])c([2H])c([2H])c3c(-c3ccc(-c4cccc5oc6cc7ccccc7cc6c45)cc3)c2c1[2H].[2H]c1c([2H])c([2H])c2c(-c3ccccc3-c3ccccc3)c3c([2H])c([2H])c([2H])c([2H])c3c(-c3ccc(-c4cccc5oc6cc7ccccc7cc6c45)cc3)c2c1[2H]. The van der Waals surface area contributed by atoms with E-state index < -0.39 is 77.9 Å². The van der Waals surface area contributed by atoms with Gasteiger partial charge < -0.3 is 13.3 Å². The first kappa shape index (κ1) is 64.5. The molecule has 1 aliphatic rings. The van der Waals surface area contributed by atoms with Crippen LogP contribution < -0.4 is 0 Å². The van der Waals surface area contributed by atoms with E-state index in [0.717, 1.165) is 176 Å². The maximum atomic E-state index is 9.52. The summed E-state index contributed by atoms with van der Waals surface area (Å²) in [7, 11) is 0. The second kappa shape index (κ2) is 34.6. The Morgan fingerprint density at radius 2 is 0.405 bits per heavy atom. The fraction of sp³-hybridized carbons (Fsp3) is 0.0207. The van der Waals surface area contributed by atoms with Crippen LogP contribution in [0.15, 0.2) is 534 Å². The van der Waals surface area contributed by atoms with Crippen molar-refractivity contribution >= 4 is 174 Å². The Morgan fingerprint density at radius 3 is 0.791 bits per heavy atom. The van der Waals surface area contributed by atoms with Gasteiger partial charge in [0.05, 0.1) is 32.9 Å². The van der Waals surface area contributed by atoms with Crippen LogP contribution in [0.5, 0.6) is 0 Å². The van der Waals surface area contributed by atoms with Gasteiger partial charge in [0, 0.05) is 37.7 Å². The predicted molar refractivity (Wildman–Crippen MR) is 628 cm³/mol. The summed E-state index contributed by atoms with van der Waals surface area (Å²) in [6.45, 7) is 4.31. The third-order valence-electron chi connectivity index (χ3n) is 29.9. The number of fused-ring (bicyclic) bond motifs is 22. The zero-order valence-electron chi connectivity index (χ0n) is 104. The Kier molecular flexibility index (Phi) is 15.1. The van der Waals surface area contributed by atoms with Gasteiger partial charge in [-0.05, 0) is 296 Å². The third kappa shape index (κ3) is 13.9. The summed E-state index contributed by atoms with van der Waals surface area (Å²) in [5.74, 6) is 0. The quantitative estimate of drug-likeness (QED) is 0.128. The Balaban J connectivity index is 0.000000116. The van der Waals surface area contributed by atoms with Crippen molar-refractivity contribution in [3.63, 3.8) is 0 Å². The fourth-order valence-corrected chi connectivity index (χ4v) is 23.2. The van der Waals surface area contributed by atoms with Gasteiger partial charge in [0.25, 0.3) is 0 Å². The molecule has 148 heavy (non-hydrogen) atoms. The van der Waals surface area contributed by atoms with Crippen LogP contribution in [0, 0.1) is 0 Å². The number of benzene rings is 27. The van der Waals surface area contributed by atoms with Gasteiger partial charge in [-0.1, -0.05) is 480 Å². The van der Waals surface area contributed by atoms with Crippen LogP contribution in [0.1, 0.15) is 57.9 Å². The van der Waals surface area contributed by atoms with Crippen molar-refractivity contribution in [2.75, 3.05) is 0 Å². The van der Waals surface area contributed by atoms with Gasteiger partial charge in [0.1, 0.15) is 33.5 Å². The molecule has 0 amide bonds. The topological polar surface area (TPSA) is 39.4 Å². The molecule has 0 saturated heterocycles. The van der Waals surface area contributed by atoms with Crippen LogP contribution in [0.3, 0.4) is 0 Å². The van der Waals surface area contributed by atoms with Crippen LogP contribution in [0.2, 0.25) is 0 Å². The second-order valence-electron chi connectivity index (χ2n) is 38.2. The summed E-state index contributed by atoms with van der Waals surface area (Å²) >= 11 is 0. The van der Waals surface area contributed by atoms with E-state index in [-0.39, 0.29) is 137 Å². The molecule has 690 valence electrons. The van der Waals surface area contributed by atoms with Crippen molar-refractivity contribution in [1.82, 2.24) is 0 Å². The minimum Gasteiger partial charge on any atom is -0.456 e. The molecule has 0 spiro atoms. The molecule has 3 heteroatoms. The highest BCUT2D eigenvalue weighted by atomic mass is 16.3. The second-order valence-corrected chi connectivity index (χ2v) is 38.2. The molecule has 3 heterocycles. The van der Waals surface area contributed by atoms with E-state index in [4.69, 9.17) is 29.7 Å². The number of rotatable bonds is 10. The smallest absolute Gasteiger partial charge is 0.136 e. The zero-order chi connectivity index (χ0) is 119. The molecular formula is C145H92O3. The summed E-state index contributed by atoms with van der Waals surface area (Å²) in [5.41, 5.74) is 20.7. The van der Waals surface area contributed by atoms with E-state index in [9.17, 15) is 16.4 Å². The molecule has 31 rings (SSSR count). The summed E-state index contributed by atoms with van der Waals surface area (Å²) < 4.78 is 238. The van der Waals surface area contributed by atoms with Gasteiger partial charge in [-0.2, -0.15) is 0 Å². The minimum absolute atomic E-state index is 0.180. The lowest BCUT2D eigenvalue weighted by atomic mass is 9.80. The number of hydrogen-bond donors (Lipinski definition) is 0. The number of hydrogen-bond acceptors (Lipinski definition) is 3. The van der Waals surface area contributed by atoms with E-state index in [1.807, 2.05) is 291 Å². The molecule has 0 N–H and O–H groups in total. The highest BCUT2D eigenvalue weighted by molar-refractivity contribution is 6.28. The van der Waals surface area contributed by atoms with E-state index in [1.165, 1.54) is 0 Å². The van der Waals surface area contributed by atoms with Crippen molar-refractivity contribution in [2.45, 2.75) is 19.3 Å². The maximum absolute atomic E-state index is 9.52. The molecule has 30 aromatic rings. The standard InChI is InChI=1S/C51H34O.C48H30O.C46H28O/c1-51(2)43-22-10-9-19-40(43)49-41(21-11-23-44(49)51)48-38-17-7-5-15-36(38)47(37-16-6-8-18-39(37)48)32-27-25-31(26-28-32)35-20-12-24-45-50(35)42-29-33-13-3-4-14-34(33)30-46(42)52-45;1-2-13-31(14-3-1)36-17-6-7-18-38(36)47-41-21-10-8-19-39(41)46(40-20-9-11-22-42(40)47)33-27-25-32(26-28-33)37-23-12-24-44-48(37)43-29-34-15-4-5-16-35(34)30-45(43)49-44;1-2-13-33-28-43-41(27-32(33)12-1)46-35(20-10-22-42(46)47-43)30-23-25-31(26-24-30)44-37-16-5-7-18-39(37)45(40-19-8-6-17-38(40)44)36-21-9-14-29-11-3-4-15-34(29)36/h3-30H,1-2H3;1-30H;1-28H/i5D,6D,7D,8D,15D,16D,17D,18D;8D,9D,10D,11D,19D,20D,21D,22D;5D,6D,7D,8D,16D,17D,18D,19D. The van der Waals surface area contributed by atoms with Crippen molar-refractivity contribution in [2.24, 2.45) is 0 Å². The van der Waals surface area contributed by atoms with E-state index >= 15 is 0 Å². The average molecular weight is 1910 g/mol. The van der Waals surface area contributed by atoms with Crippen molar-refractivity contribution in [3.05, 3.63) is 532 Å². The lowest BCUT2D eigenvalue weighted by Gasteiger charge is -2.22. The Hall–Kier alpha value is -19.1. The highest BCUT2D eigenvalue weighted by Crippen LogP contribution is 2.57. The first-order valence-corrected chi connectivity index (χ1v) is 49.2. The van der Waals surface area contributed by atoms with Gasteiger partial charge in [-0.25, -0.2) is 0 Å². The summed E-state index contributed by atoms with van der Waals surface area (Å²) in [6.07, 6.45) is 0. The highest BCUT2D eigenvalue weighted by Gasteiger charge is 2.38. The Bertz CT molecular complexity index is 12100. The molecular weight excluding hydrogens is 1790 g/mol. The van der Waals surface area contributed by atoms with Crippen LogP contribution in [-0.4, -0.2) is 0 Å². The molecule has 0 saturated carbocycles. The Labute approximate surface area is 888 Å². The lowest BCUT2D eigenvalue weighted by Crippen LogP contribution is -2.14. The fourth-order valence-electron chi connectivity index (χ4n) is 23.2. The van der Waals surface area contributed by atoms with E-state index in [2.05, 4.69) is 98.8 Å². The maximum Gasteiger partial charge on any atom is 0.136 e. The summed E-state index contributed by atoms with van der Waals surface area (Å²) in [6, 6.07) is 114. The first-order valence-electron chi connectivity index (χ1n) is 61.2. The minimum atomic E-state index is -0.432. The van der Waals surface area contributed by atoms with Crippen molar-refractivity contribution < 1.29 is 46.1 Å². The van der Waals surface area contributed by atoms with Crippen LogP contribution in [0.25, 0.3) is 296 Å². The average Bonchev–Trinajstić information content (AvgIpc) is 1.08. The van der Waals surface area contributed by atoms with Crippen LogP contribution >= 0.6 is 0 Å². The predicted octanol–water partition coefficient (Wildman–Crippen LogP) is 41.3. The first-order chi connectivity index (χ1) is 83.1. The molecule has 0 atom stereocenters. The number of furan rings is 3. The molecule has 0 fully saturated rings.